The number of aliphatic hydroxyl groups is 1. The number of aliphatic hydroxyl groups excluding tert-OH is 1. The standard InChI is InChI=1S/C17H25NO4/c1-4-21-15-10-14(19)17(15)5-7-18(8-6-17)16(20)13-9-11(2)22-12(13)3/h9,14-15,19H,4-8,10H2,1-3H3. The van der Waals surface area contributed by atoms with Crippen LogP contribution in [0.25, 0.3) is 0 Å². The van der Waals surface area contributed by atoms with Gasteiger partial charge in [0, 0.05) is 31.5 Å². The van der Waals surface area contributed by atoms with Crippen LogP contribution in [-0.4, -0.2) is 47.8 Å². The molecule has 2 atom stereocenters. The molecule has 1 saturated heterocycles. The fourth-order valence-corrected chi connectivity index (χ4v) is 3.96. The van der Waals surface area contributed by atoms with Crippen LogP contribution < -0.4 is 0 Å². The first-order valence-corrected chi connectivity index (χ1v) is 8.14. The number of piperidine rings is 1. The summed E-state index contributed by atoms with van der Waals surface area (Å²) in [5.41, 5.74) is 0.512. The zero-order valence-electron chi connectivity index (χ0n) is 13.6. The maximum Gasteiger partial charge on any atom is 0.257 e. The summed E-state index contributed by atoms with van der Waals surface area (Å²) in [5.74, 6) is 1.48. The van der Waals surface area contributed by atoms with E-state index in [-0.39, 0.29) is 23.5 Å². The topological polar surface area (TPSA) is 62.9 Å². The van der Waals surface area contributed by atoms with Gasteiger partial charge in [-0.2, -0.15) is 0 Å². The van der Waals surface area contributed by atoms with Crippen LogP contribution in [0.1, 0.15) is 48.1 Å². The van der Waals surface area contributed by atoms with Crippen molar-refractivity contribution < 1.29 is 19.1 Å². The van der Waals surface area contributed by atoms with Crippen LogP contribution in [0, 0.1) is 19.3 Å². The van der Waals surface area contributed by atoms with Gasteiger partial charge in [-0.15, -0.1) is 0 Å². The molecular formula is C17H25NO4. The second-order valence-electron chi connectivity index (χ2n) is 6.55. The van der Waals surface area contributed by atoms with Crippen LogP contribution in [-0.2, 0) is 4.74 Å². The highest BCUT2D eigenvalue weighted by atomic mass is 16.5. The number of carbonyl (C=O) groups is 1. The summed E-state index contributed by atoms with van der Waals surface area (Å²) < 4.78 is 11.2. The van der Waals surface area contributed by atoms with Gasteiger partial charge in [-0.05, 0) is 39.7 Å². The Hall–Kier alpha value is -1.33. The van der Waals surface area contributed by atoms with E-state index in [1.54, 1.807) is 0 Å². The van der Waals surface area contributed by atoms with Gasteiger partial charge in [0.25, 0.3) is 5.91 Å². The number of amides is 1. The minimum Gasteiger partial charge on any atom is -0.466 e. The molecule has 3 rings (SSSR count). The first-order valence-electron chi connectivity index (χ1n) is 8.14. The average molecular weight is 307 g/mol. The van der Waals surface area contributed by atoms with Gasteiger partial charge >= 0.3 is 0 Å². The van der Waals surface area contributed by atoms with E-state index in [0.29, 0.717) is 31.0 Å². The summed E-state index contributed by atoms with van der Waals surface area (Å²) in [4.78, 5) is 14.5. The maximum absolute atomic E-state index is 12.6. The number of ether oxygens (including phenoxy) is 1. The van der Waals surface area contributed by atoms with Crippen LogP contribution in [0.2, 0.25) is 0 Å². The first-order chi connectivity index (χ1) is 10.5. The van der Waals surface area contributed by atoms with Crippen LogP contribution in [0.3, 0.4) is 0 Å². The fraction of sp³-hybridized carbons (Fsp3) is 0.706. The predicted molar refractivity (Wildman–Crippen MR) is 81.8 cm³/mol. The van der Waals surface area contributed by atoms with Gasteiger partial charge in [0.1, 0.15) is 11.5 Å². The van der Waals surface area contributed by atoms with E-state index in [1.807, 2.05) is 31.7 Å². The maximum atomic E-state index is 12.6. The number of furan rings is 1. The predicted octanol–water partition coefficient (Wildman–Crippen LogP) is 2.29. The molecule has 0 radical (unpaired) electrons. The molecule has 1 aliphatic heterocycles. The Morgan fingerprint density at radius 2 is 2.14 bits per heavy atom. The molecule has 1 spiro atoms. The van der Waals surface area contributed by atoms with E-state index < -0.39 is 0 Å². The molecular weight excluding hydrogens is 282 g/mol. The number of likely N-dealkylation sites (tertiary alicyclic amines) is 1. The molecule has 0 aromatic carbocycles. The lowest BCUT2D eigenvalue weighted by atomic mass is 9.58. The van der Waals surface area contributed by atoms with Crippen LogP contribution >= 0.6 is 0 Å². The van der Waals surface area contributed by atoms with Gasteiger partial charge in [-0.3, -0.25) is 4.79 Å². The minimum atomic E-state index is -0.292. The largest absolute Gasteiger partial charge is 0.466 e. The van der Waals surface area contributed by atoms with Gasteiger partial charge < -0.3 is 19.2 Å². The summed E-state index contributed by atoms with van der Waals surface area (Å²) in [6, 6.07) is 1.81. The van der Waals surface area contributed by atoms with Crippen LogP contribution in [0.4, 0.5) is 0 Å². The number of nitrogens with zero attached hydrogens (tertiary/aromatic N) is 1. The Morgan fingerprint density at radius 1 is 1.45 bits per heavy atom. The van der Waals surface area contributed by atoms with Crippen molar-refractivity contribution in [1.82, 2.24) is 4.90 Å². The zero-order valence-corrected chi connectivity index (χ0v) is 13.6. The summed E-state index contributed by atoms with van der Waals surface area (Å²) in [6.45, 7) is 7.68. The third-order valence-corrected chi connectivity index (χ3v) is 5.36. The van der Waals surface area contributed by atoms with E-state index in [4.69, 9.17) is 9.15 Å². The van der Waals surface area contributed by atoms with Crippen LogP contribution in [0.5, 0.6) is 0 Å². The zero-order chi connectivity index (χ0) is 15.9. The molecule has 22 heavy (non-hydrogen) atoms. The van der Waals surface area contributed by atoms with Crippen molar-refractivity contribution in [1.29, 1.82) is 0 Å². The molecule has 2 fully saturated rings. The van der Waals surface area contributed by atoms with Crippen molar-refractivity contribution in [2.24, 2.45) is 5.41 Å². The third-order valence-electron chi connectivity index (χ3n) is 5.36. The Morgan fingerprint density at radius 3 is 2.64 bits per heavy atom. The van der Waals surface area contributed by atoms with E-state index >= 15 is 0 Å². The molecule has 1 N–H and O–H groups in total. The van der Waals surface area contributed by atoms with Gasteiger partial charge in [0.2, 0.25) is 0 Å². The molecule has 2 unspecified atom stereocenters. The lowest BCUT2D eigenvalue weighted by Crippen LogP contribution is -2.62. The molecule has 1 amide bonds. The van der Waals surface area contributed by atoms with Crippen molar-refractivity contribution >= 4 is 5.91 Å². The minimum absolute atomic E-state index is 0.0333. The second kappa shape index (κ2) is 5.70. The van der Waals surface area contributed by atoms with E-state index in [2.05, 4.69) is 0 Å². The SMILES string of the molecule is CCOC1CC(O)C12CCN(C(=O)c1cc(C)oc1C)CC2. The third kappa shape index (κ3) is 2.36. The van der Waals surface area contributed by atoms with Crippen molar-refractivity contribution in [3.05, 3.63) is 23.2 Å². The lowest BCUT2D eigenvalue weighted by Gasteiger charge is -2.56. The molecule has 2 aliphatic rings. The molecule has 1 saturated carbocycles. The van der Waals surface area contributed by atoms with Gasteiger partial charge in [0.05, 0.1) is 17.8 Å². The van der Waals surface area contributed by atoms with Gasteiger partial charge in [0.15, 0.2) is 0 Å². The Balaban J connectivity index is 1.67. The molecule has 1 aromatic heterocycles. The Labute approximate surface area is 131 Å². The number of hydrogen-bond acceptors (Lipinski definition) is 4. The van der Waals surface area contributed by atoms with Crippen molar-refractivity contribution in [2.75, 3.05) is 19.7 Å². The summed E-state index contributed by atoms with van der Waals surface area (Å²) in [7, 11) is 0. The molecule has 122 valence electrons. The van der Waals surface area contributed by atoms with Crippen molar-refractivity contribution in [3.8, 4) is 0 Å². The molecule has 5 heteroatoms. The highest BCUT2D eigenvalue weighted by Crippen LogP contribution is 2.51. The monoisotopic (exact) mass is 307 g/mol. The van der Waals surface area contributed by atoms with Crippen molar-refractivity contribution in [2.45, 2.75) is 52.2 Å². The quantitative estimate of drug-likeness (QED) is 0.930. The number of rotatable bonds is 3. The van der Waals surface area contributed by atoms with Crippen molar-refractivity contribution in [3.63, 3.8) is 0 Å². The van der Waals surface area contributed by atoms with E-state index in [1.165, 1.54) is 0 Å². The molecule has 1 aromatic rings. The van der Waals surface area contributed by atoms with E-state index in [9.17, 15) is 9.90 Å². The molecule has 2 heterocycles. The fourth-order valence-electron chi connectivity index (χ4n) is 3.96. The highest BCUT2D eigenvalue weighted by molar-refractivity contribution is 5.95. The van der Waals surface area contributed by atoms with Gasteiger partial charge in [-0.1, -0.05) is 0 Å². The Bertz CT molecular complexity index is 555. The summed E-state index contributed by atoms with van der Waals surface area (Å²) in [6.07, 6.45) is 2.18. The smallest absolute Gasteiger partial charge is 0.257 e. The lowest BCUT2D eigenvalue weighted by molar-refractivity contribution is -0.207. The highest BCUT2D eigenvalue weighted by Gasteiger charge is 2.56. The number of carbonyl (C=O) groups excluding carboxylic acids is 1. The second-order valence-corrected chi connectivity index (χ2v) is 6.55. The Kier molecular flexibility index (Phi) is 4.03. The average Bonchev–Trinajstić information content (AvgIpc) is 2.85. The molecule has 5 nitrogen and oxygen atoms in total. The summed E-state index contributed by atoms with van der Waals surface area (Å²) >= 11 is 0. The van der Waals surface area contributed by atoms with Gasteiger partial charge in [-0.25, -0.2) is 0 Å². The number of aryl methyl sites for hydroxylation is 2. The van der Waals surface area contributed by atoms with Crippen LogP contribution in [0.15, 0.2) is 10.5 Å². The molecule has 0 bridgehead atoms. The normalized spacial score (nSPS) is 27.0. The first kappa shape index (κ1) is 15.6. The van der Waals surface area contributed by atoms with E-state index in [0.717, 1.165) is 25.0 Å². The molecule has 1 aliphatic carbocycles. The number of hydrogen-bond donors (Lipinski definition) is 1. The summed E-state index contributed by atoms with van der Waals surface area (Å²) in [5, 5.41) is 10.2.